The summed E-state index contributed by atoms with van der Waals surface area (Å²) in [5.74, 6) is 0.702. The second-order valence-electron chi connectivity index (χ2n) is 7.49. The lowest BCUT2D eigenvalue weighted by atomic mass is 9.94. The molecular formula is C23H31N3O2. The number of ether oxygens (including phenoxy) is 1. The topological polar surface area (TPSA) is 53.6 Å². The second-order valence-corrected chi connectivity index (χ2v) is 7.49. The van der Waals surface area contributed by atoms with Gasteiger partial charge in [0, 0.05) is 24.0 Å². The van der Waals surface area contributed by atoms with E-state index in [1.165, 1.54) is 37.7 Å². The monoisotopic (exact) mass is 381 g/mol. The molecule has 5 nitrogen and oxygen atoms in total. The van der Waals surface area contributed by atoms with Crippen LogP contribution in [0.1, 0.15) is 37.7 Å². The number of carbonyl (C=O) groups is 1. The molecule has 3 rings (SSSR count). The van der Waals surface area contributed by atoms with Gasteiger partial charge in [0.25, 0.3) is 0 Å². The zero-order valence-electron chi connectivity index (χ0n) is 16.9. The van der Waals surface area contributed by atoms with E-state index in [1.807, 2.05) is 36.4 Å². The third kappa shape index (κ3) is 5.73. The van der Waals surface area contributed by atoms with E-state index in [2.05, 4.69) is 34.7 Å². The van der Waals surface area contributed by atoms with Gasteiger partial charge in [-0.15, -0.1) is 0 Å². The van der Waals surface area contributed by atoms with Crippen molar-refractivity contribution in [3.8, 4) is 5.75 Å². The molecule has 0 aliphatic heterocycles. The summed E-state index contributed by atoms with van der Waals surface area (Å²) in [5, 5.41) is 6.21. The molecule has 0 bridgehead atoms. The van der Waals surface area contributed by atoms with Crippen molar-refractivity contribution in [2.24, 2.45) is 0 Å². The number of rotatable bonds is 8. The van der Waals surface area contributed by atoms with Gasteiger partial charge in [0.2, 0.25) is 5.91 Å². The van der Waals surface area contributed by atoms with E-state index in [0.717, 1.165) is 23.7 Å². The average molecular weight is 382 g/mol. The first-order valence-electron chi connectivity index (χ1n) is 10.1. The van der Waals surface area contributed by atoms with Crippen LogP contribution in [0.15, 0.2) is 48.5 Å². The van der Waals surface area contributed by atoms with Gasteiger partial charge >= 0.3 is 0 Å². The highest BCUT2D eigenvalue weighted by Gasteiger charge is 2.18. The molecule has 0 radical (unpaired) electrons. The maximum absolute atomic E-state index is 12.3. The number of nitrogens with zero attached hydrogens (tertiary/aromatic N) is 1. The number of hydrogen-bond acceptors (Lipinski definition) is 4. The Bertz CT molecular complexity index is 755. The molecule has 28 heavy (non-hydrogen) atoms. The highest BCUT2D eigenvalue weighted by molar-refractivity contribution is 5.93. The molecule has 0 saturated heterocycles. The van der Waals surface area contributed by atoms with E-state index >= 15 is 0 Å². The van der Waals surface area contributed by atoms with Gasteiger partial charge in [0.1, 0.15) is 5.75 Å². The summed E-state index contributed by atoms with van der Waals surface area (Å²) >= 11 is 0. The van der Waals surface area contributed by atoms with E-state index in [-0.39, 0.29) is 12.5 Å². The summed E-state index contributed by atoms with van der Waals surface area (Å²) in [6.45, 7) is 1.13. The van der Waals surface area contributed by atoms with Crippen LogP contribution in [-0.4, -0.2) is 37.6 Å². The third-order valence-corrected chi connectivity index (χ3v) is 5.45. The Kier molecular flexibility index (Phi) is 7.31. The molecule has 1 amide bonds. The van der Waals surface area contributed by atoms with Crippen molar-refractivity contribution in [1.29, 1.82) is 0 Å². The molecule has 2 N–H and O–H groups in total. The summed E-state index contributed by atoms with van der Waals surface area (Å²) in [6, 6.07) is 16.3. The summed E-state index contributed by atoms with van der Waals surface area (Å²) < 4.78 is 5.14. The van der Waals surface area contributed by atoms with E-state index in [0.29, 0.717) is 6.04 Å². The molecule has 0 spiro atoms. The van der Waals surface area contributed by atoms with Crippen LogP contribution in [0.2, 0.25) is 0 Å². The van der Waals surface area contributed by atoms with Crippen molar-refractivity contribution < 1.29 is 9.53 Å². The van der Waals surface area contributed by atoms with Crippen molar-refractivity contribution in [3.63, 3.8) is 0 Å². The van der Waals surface area contributed by atoms with Crippen LogP contribution in [0.4, 0.5) is 11.4 Å². The largest absolute Gasteiger partial charge is 0.497 e. The molecular weight excluding hydrogens is 350 g/mol. The zero-order valence-corrected chi connectivity index (χ0v) is 16.9. The number of nitrogens with one attached hydrogen (secondary N) is 2. The van der Waals surface area contributed by atoms with Crippen LogP contribution >= 0.6 is 0 Å². The maximum Gasteiger partial charge on any atom is 0.243 e. The summed E-state index contributed by atoms with van der Waals surface area (Å²) in [6.07, 6.45) is 6.61. The van der Waals surface area contributed by atoms with Crippen LogP contribution in [0.25, 0.3) is 0 Å². The highest BCUT2D eigenvalue weighted by atomic mass is 16.5. The quantitative estimate of drug-likeness (QED) is 0.706. The number of carbonyl (C=O) groups excluding carboxylic acids is 1. The number of para-hydroxylation sites is 1. The van der Waals surface area contributed by atoms with E-state index in [4.69, 9.17) is 4.74 Å². The smallest absolute Gasteiger partial charge is 0.243 e. The molecule has 150 valence electrons. The summed E-state index contributed by atoms with van der Waals surface area (Å²) in [7, 11) is 3.84. The lowest BCUT2D eigenvalue weighted by Gasteiger charge is -2.31. The Morgan fingerprint density at radius 1 is 1.07 bits per heavy atom. The van der Waals surface area contributed by atoms with Crippen LogP contribution < -0.4 is 15.4 Å². The first-order chi connectivity index (χ1) is 13.7. The molecule has 2 aromatic carbocycles. The summed E-state index contributed by atoms with van der Waals surface area (Å²) in [5.41, 5.74) is 3.01. The van der Waals surface area contributed by atoms with Crippen molar-refractivity contribution >= 4 is 17.3 Å². The SMILES string of the molecule is COc1ccc(NC(=O)CNc2ccccc2CN(C)C2CCCCC2)cc1. The number of benzene rings is 2. The first-order valence-corrected chi connectivity index (χ1v) is 10.1. The number of anilines is 2. The number of hydrogen-bond donors (Lipinski definition) is 2. The van der Waals surface area contributed by atoms with E-state index in [1.54, 1.807) is 7.11 Å². The van der Waals surface area contributed by atoms with Gasteiger partial charge in [-0.25, -0.2) is 0 Å². The van der Waals surface area contributed by atoms with Crippen molar-refractivity contribution in [3.05, 3.63) is 54.1 Å². The minimum Gasteiger partial charge on any atom is -0.497 e. The third-order valence-electron chi connectivity index (χ3n) is 5.45. The van der Waals surface area contributed by atoms with Crippen LogP contribution in [0.5, 0.6) is 5.75 Å². The fourth-order valence-corrected chi connectivity index (χ4v) is 3.81. The molecule has 1 saturated carbocycles. The molecule has 0 unspecified atom stereocenters. The highest BCUT2D eigenvalue weighted by Crippen LogP contribution is 2.25. The maximum atomic E-state index is 12.3. The molecule has 1 aliphatic rings. The Morgan fingerprint density at radius 2 is 1.79 bits per heavy atom. The second kappa shape index (κ2) is 10.1. The van der Waals surface area contributed by atoms with Gasteiger partial charge in [-0.3, -0.25) is 9.69 Å². The summed E-state index contributed by atoms with van der Waals surface area (Å²) in [4.78, 5) is 14.8. The standard InChI is InChI=1S/C23H31N3O2/c1-26(20-9-4-3-5-10-20)17-18-8-6-7-11-22(18)24-16-23(27)25-19-12-14-21(28-2)15-13-19/h6-8,11-15,20,24H,3-5,9-10,16-17H2,1-2H3,(H,25,27). The fraction of sp³-hybridized carbons (Fsp3) is 0.435. The molecule has 0 heterocycles. The molecule has 0 atom stereocenters. The molecule has 0 aromatic heterocycles. The average Bonchev–Trinajstić information content (AvgIpc) is 2.74. The van der Waals surface area contributed by atoms with Crippen molar-refractivity contribution in [1.82, 2.24) is 4.90 Å². The van der Waals surface area contributed by atoms with E-state index in [9.17, 15) is 4.79 Å². The Hall–Kier alpha value is -2.53. The van der Waals surface area contributed by atoms with Gasteiger partial charge in [-0.05, 0) is 55.8 Å². The number of amides is 1. The Balaban J connectivity index is 1.54. The van der Waals surface area contributed by atoms with Crippen molar-refractivity contribution in [2.75, 3.05) is 31.3 Å². The van der Waals surface area contributed by atoms with Gasteiger partial charge in [-0.2, -0.15) is 0 Å². The fourth-order valence-electron chi connectivity index (χ4n) is 3.81. The Labute approximate surface area is 168 Å². The van der Waals surface area contributed by atoms with Gasteiger partial charge in [0.05, 0.1) is 13.7 Å². The lowest BCUT2D eigenvalue weighted by molar-refractivity contribution is -0.114. The van der Waals surface area contributed by atoms with E-state index < -0.39 is 0 Å². The molecule has 5 heteroatoms. The molecule has 1 fully saturated rings. The minimum absolute atomic E-state index is 0.0689. The predicted molar refractivity (Wildman–Crippen MR) is 115 cm³/mol. The zero-order chi connectivity index (χ0) is 19.8. The Morgan fingerprint density at radius 3 is 2.50 bits per heavy atom. The van der Waals surface area contributed by atoms with Crippen LogP contribution in [0, 0.1) is 0 Å². The van der Waals surface area contributed by atoms with Crippen LogP contribution in [0.3, 0.4) is 0 Å². The lowest BCUT2D eigenvalue weighted by Crippen LogP contribution is -2.33. The number of methoxy groups -OCH3 is 1. The van der Waals surface area contributed by atoms with Gasteiger partial charge in [-0.1, -0.05) is 37.5 Å². The van der Waals surface area contributed by atoms with Gasteiger partial charge < -0.3 is 15.4 Å². The molecule has 1 aliphatic carbocycles. The predicted octanol–water partition coefficient (Wildman–Crippen LogP) is 4.51. The minimum atomic E-state index is -0.0689. The first kappa shape index (κ1) is 20.2. The van der Waals surface area contributed by atoms with Gasteiger partial charge in [0.15, 0.2) is 0 Å². The normalized spacial score (nSPS) is 14.7. The van der Waals surface area contributed by atoms with Crippen molar-refractivity contribution in [2.45, 2.75) is 44.7 Å². The van der Waals surface area contributed by atoms with Crippen LogP contribution in [-0.2, 0) is 11.3 Å². The molecule has 2 aromatic rings.